The third kappa shape index (κ3) is 6.91. The van der Waals surface area contributed by atoms with E-state index in [2.05, 4.69) is 0 Å². The Hall–Kier alpha value is -3.25. The Labute approximate surface area is 209 Å². The maximum absolute atomic E-state index is 14.3. The van der Waals surface area contributed by atoms with Gasteiger partial charge in [-0.25, -0.2) is 0 Å². The molecule has 196 valence electrons. The topological polar surface area (TPSA) is 140 Å². The summed E-state index contributed by atoms with van der Waals surface area (Å²) in [6, 6.07) is 11.7. The lowest BCUT2D eigenvalue weighted by Crippen LogP contribution is -2.60. The van der Waals surface area contributed by atoms with Gasteiger partial charge in [-0.05, 0) is 38.8 Å². The molecule has 0 unspecified atom stereocenters. The molecule has 11 nitrogen and oxygen atoms in total. The summed E-state index contributed by atoms with van der Waals surface area (Å²) in [6.07, 6.45) is -0.294. The molecule has 0 radical (unpaired) electrons. The van der Waals surface area contributed by atoms with Gasteiger partial charge in [0.1, 0.15) is 0 Å². The lowest BCUT2D eigenvalue weighted by Gasteiger charge is -2.40. The second-order valence-corrected chi connectivity index (χ2v) is 7.77. The zero-order valence-electron chi connectivity index (χ0n) is 20.9. The molecule has 2 rings (SSSR count). The van der Waals surface area contributed by atoms with E-state index in [-0.39, 0.29) is 50.6 Å². The number of non-ortho nitro benzene ring substituents is 2. The summed E-state index contributed by atoms with van der Waals surface area (Å²) in [5.41, 5.74) is 0.604. The SMILES string of the molecule is CCOC(Cc1cccc([N+](=O)[O-])c1)(OCC)C(=O)C(Cc1cccc([N+](=O)[O-])c1)(OCC)OCC. The van der Waals surface area contributed by atoms with Crippen LogP contribution in [0.1, 0.15) is 38.8 Å². The Kier molecular flexibility index (Phi) is 10.6. The van der Waals surface area contributed by atoms with Crippen LogP contribution in [0.25, 0.3) is 0 Å². The van der Waals surface area contributed by atoms with Gasteiger partial charge in [0.25, 0.3) is 17.2 Å². The Bertz CT molecular complexity index is 964. The zero-order chi connectivity index (χ0) is 26.8. The fourth-order valence-corrected chi connectivity index (χ4v) is 4.03. The Morgan fingerprint density at radius 3 is 1.31 bits per heavy atom. The number of carbonyl (C=O) groups is 1. The maximum atomic E-state index is 14.3. The van der Waals surface area contributed by atoms with Gasteiger partial charge in [0.15, 0.2) is 0 Å². The molecule has 0 amide bonds. The van der Waals surface area contributed by atoms with Crippen LogP contribution in [0.2, 0.25) is 0 Å². The second kappa shape index (κ2) is 13.2. The van der Waals surface area contributed by atoms with Crippen LogP contribution in [0.5, 0.6) is 0 Å². The van der Waals surface area contributed by atoms with E-state index in [1.54, 1.807) is 39.8 Å². The normalized spacial score (nSPS) is 11.9. The van der Waals surface area contributed by atoms with Gasteiger partial charge >= 0.3 is 0 Å². The zero-order valence-corrected chi connectivity index (χ0v) is 20.9. The molecular weight excluding hydrogens is 472 g/mol. The molecule has 0 spiro atoms. The molecule has 0 saturated heterocycles. The first-order valence-corrected chi connectivity index (χ1v) is 11.7. The number of ketones is 1. The number of rotatable bonds is 16. The number of nitrogens with zero attached hydrogens (tertiary/aromatic N) is 2. The first-order chi connectivity index (χ1) is 17.2. The highest BCUT2D eigenvalue weighted by Gasteiger charge is 2.54. The van der Waals surface area contributed by atoms with Crippen molar-refractivity contribution in [2.75, 3.05) is 26.4 Å². The third-order valence-corrected chi connectivity index (χ3v) is 5.32. The van der Waals surface area contributed by atoms with Crippen LogP contribution in [0.3, 0.4) is 0 Å². The predicted octanol–water partition coefficient (Wildman–Crippen LogP) is 4.40. The molecule has 0 heterocycles. The van der Waals surface area contributed by atoms with Crippen molar-refractivity contribution in [3.05, 3.63) is 79.9 Å². The third-order valence-electron chi connectivity index (χ3n) is 5.32. The second-order valence-electron chi connectivity index (χ2n) is 7.77. The number of hydrogen-bond donors (Lipinski definition) is 0. The van der Waals surface area contributed by atoms with Crippen molar-refractivity contribution in [1.29, 1.82) is 0 Å². The van der Waals surface area contributed by atoms with Crippen LogP contribution in [-0.2, 0) is 36.6 Å². The van der Waals surface area contributed by atoms with Crippen molar-refractivity contribution < 1.29 is 33.6 Å². The lowest BCUT2D eigenvalue weighted by atomic mass is 9.91. The van der Waals surface area contributed by atoms with Gasteiger partial charge in [-0.3, -0.25) is 25.0 Å². The molecule has 0 bridgehead atoms. The van der Waals surface area contributed by atoms with Crippen molar-refractivity contribution in [2.24, 2.45) is 0 Å². The molecule has 0 saturated carbocycles. The quantitative estimate of drug-likeness (QED) is 0.185. The largest absolute Gasteiger partial charge is 0.343 e. The highest BCUT2D eigenvalue weighted by molar-refractivity contribution is 5.93. The Morgan fingerprint density at radius 1 is 0.694 bits per heavy atom. The summed E-state index contributed by atoms with van der Waals surface area (Å²) in [5.74, 6) is -4.48. The standard InChI is InChI=1S/C25H32N2O9/c1-5-33-24(34-6-2,17-19-11-9-13-21(15-19)26(29)30)23(28)25(35-7-3,36-8-4)18-20-12-10-14-22(16-20)27(31)32/h9-16H,5-8,17-18H2,1-4H3. The van der Waals surface area contributed by atoms with Crippen molar-refractivity contribution in [2.45, 2.75) is 52.1 Å². The van der Waals surface area contributed by atoms with Crippen LogP contribution in [0.4, 0.5) is 11.4 Å². The van der Waals surface area contributed by atoms with Gasteiger partial charge < -0.3 is 18.9 Å². The molecule has 0 aliphatic rings. The lowest BCUT2D eigenvalue weighted by molar-refractivity contribution is -0.385. The fraction of sp³-hybridized carbons (Fsp3) is 0.480. The number of ether oxygens (including phenoxy) is 4. The van der Waals surface area contributed by atoms with E-state index in [4.69, 9.17) is 18.9 Å². The van der Waals surface area contributed by atoms with Crippen LogP contribution in [0.15, 0.2) is 48.5 Å². The summed E-state index contributed by atoms with van der Waals surface area (Å²) < 4.78 is 23.7. The van der Waals surface area contributed by atoms with Gasteiger partial charge in [-0.2, -0.15) is 0 Å². The van der Waals surface area contributed by atoms with Crippen molar-refractivity contribution in [3.63, 3.8) is 0 Å². The van der Waals surface area contributed by atoms with Gasteiger partial charge in [0, 0.05) is 63.5 Å². The molecule has 0 aromatic heterocycles. The van der Waals surface area contributed by atoms with Crippen molar-refractivity contribution >= 4 is 17.2 Å². The van der Waals surface area contributed by atoms with Gasteiger partial charge in [0.05, 0.1) is 9.85 Å². The van der Waals surface area contributed by atoms with Crippen molar-refractivity contribution in [1.82, 2.24) is 0 Å². The molecule has 2 aromatic rings. The minimum Gasteiger partial charge on any atom is -0.343 e. The van der Waals surface area contributed by atoms with E-state index in [0.29, 0.717) is 11.1 Å². The molecule has 0 atom stereocenters. The number of carbonyl (C=O) groups excluding carboxylic acids is 1. The monoisotopic (exact) mass is 504 g/mol. The van der Waals surface area contributed by atoms with E-state index in [0.717, 1.165) is 0 Å². The number of Topliss-reactive ketones (excluding diaryl/α,β-unsaturated/α-hetero) is 1. The average molecular weight is 505 g/mol. The maximum Gasteiger partial charge on any atom is 0.269 e. The Morgan fingerprint density at radius 2 is 1.03 bits per heavy atom. The van der Waals surface area contributed by atoms with Gasteiger partial charge in [-0.15, -0.1) is 0 Å². The van der Waals surface area contributed by atoms with Crippen LogP contribution in [0, 0.1) is 20.2 Å². The molecule has 0 aliphatic carbocycles. The van der Waals surface area contributed by atoms with E-state index in [1.165, 1.54) is 36.4 Å². The first-order valence-electron chi connectivity index (χ1n) is 11.7. The van der Waals surface area contributed by atoms with E-state index >= 15 is 0 Å². The van der Waals surface area contributed by atoms with E-state index < -0.39 is 27.2 Å². The smallest absolute Gasteiger partial charge is 0.269 e. The van der Waals surface area contributed by atoms with Gasteiger partial charge in [-0.1, -0.05) is 24.3 Å². The Balaban J connectivity index is 2.63. The summed E-state index contributed by atoms with van der Waals surface area (Å²) >= 11 is 0. The number of nitro benzene ring substituents is 2. The van der Waals surface area contributed by atoms with Crippen LogP contribution in [-0.4, -0.2) is 53.6 Å². The highest BCUT2D eigenvalue weighted by atomic mass is 16.7. The number of benzene rings is 2. The molecule has 0 N–H and O–H groups in total. The van der Waals surface area contributed by atoms with Crippen LogP contribution < -0.4 is 0 Å². The number of hydrogen-bond acceptors (Lipinski definition) is 9. The predicted molar refractivity (Wildman–Crippen MR) is 131 cm³/mol. The molecule has 0 aliphatic heterocycles. The summed E-state index contributed by atoms with van der Waals surface area (Å²) in [4.78, 5) is 35.9. The average Bonchev–Trinajstić information content (AvgIpc) is 2.84. The molecule has 11 heteroatoms. The fourth-order valence-electron chi connectivity index (χ4n) is 4.03. The molecule has 0 fully saturated rings. The van der Waals surface area contributed by atoms with Crippen LogP contribution >= 0.6 is 0 Å². The molecule has 2 aromatic carbocycles. The van der Waals surface area contributed by atoms with E-state index in [1.807, 2.05) is 0 Å². The summed E-state index contributed by atoms with van der Waals surface area (Å²) in [6.45, 7) is 7.13. The molecular formula is C25H32N2O9. The van der Waals surface area contributed by atoms with Crippen molar-refractivity contribution in [3.8, 4) is 0 Å². The summed E-state index contributed by atoms with van der Waals surface area (Å²) in [7, 11) is 0. The molecule has 36 heavy (non-hydrogen) atoms. The van der Waals surface area contributed by atoms with Gasteiger partial charge in [0.2, 0.25) is 11.6 Å². The van der Waals surface area contributed by atoms with E-state index in [9.17, 15) is 25.0 Å². The summed E-state index contributed by atoms with van der Waals surface area (Å²) in [5, 5.41) is 22.6. The number of nitro groups is 2. The first kappa shape index (κ1) is 29.0. The minimum atomic E-state index is -1.90. The minimum absolute atomic E-state index is 0.0891. The highest BCUT2D eigenvalue weighted by Crippen LogP contribution is 2.33.